The molecule has 0 saturated carbocycles. The molecule has 0 spiro atoms. The molecule has 1 aliphatic rings. The van der Waals surface area contributed by atoms with Gasteiger partial charge in [0.1, 0.15) is 5.75 Å². The lowest BCUT2D eigenvalue weighted by Gasteiger charge is -2.17. The monoisotopic (exact) mass is 292 g/mol. The van der Waals surface area contributed by atoms with Crippen molar-refractivity contribution in [2.75, 3.05) is 32.2 Å². The van der Waals surface area contributed by atoms with Gasteiger partial charge >= 0.3 is 0 Å². The molecule has 1 heterocycles. The van der Waals surface area contributed by atoms with Crippen LogP contribution in [0.25, 0.3) is 0 Å². The van der Waals surface area contributed by atoms with Crippen LogP contribution in [0.2, 0.25) is 0 Å². The molecule has 6 heteroatoms. The summed E-state index contributed by atoms with van der Waals surface area (Å²) in [6.45, 7) is 1.18. The molecule has 21 heavy (non-hydrogen) atoms. The van der Waals surface area contributed by atoms with Crippen LogP contribution in [0.5, 0.6) is 5.75 Å². The minimum Gasteiger partial charge on any atom is -0.484 e. The number of ether oxygens (including phenoxy) is 2. The molecule has 0 aromatic heterocycles. The molecule has 114 valence electrons. The van der Waals surface area contributed by atoms with Crippen molar-refractivity contribution in [3.8, 4) is 5.75 Å². The van der Waals surface area contributed by atoms with Gasteiger partial charge in [-0.05, 0) is 36.6 Å². The van der Waals surface area contributed by atoms with Crippen molar-refractivity contribution in [1.29, 1.82) is 0 Å². The molecule has 1 aromatic rings. The van der Waals surface area contributed by atoms with Crippen LogP contribution in [0, 0.1) is 0 Å². The first-order valence-electron chi connectivity index (χ1n) is 7.00. The van der Waals surface area contributed by atoms with E-state index in [1.54, 1.807) is 19.2 Å². The summed E-state index contributed by atoms with van der Waals surface area (Å²) < 4.78 is 10.4. The van der Waals surface area contributed by atoms with E-state index < -0.39 is 0 Å². The third-order valence-corrected chi connectivity index (χ3v) is 3.19. The predicted octanol–water partition coefficient (Wildman–Crippen LogP) is 1.10. The van der Waals surface area contributed by atoms with Crippen molar-refractivity contribution in [3.05, 3.63) is 23.8 Å². The Morgan fingerprint density at radius 3 is 3.05 bits per heavy atom. The van der Waals surface area contributed by atoms with Gasteiger partial charge in [0.25, 0.3) is 5.91 Å². The summed E-state index contributed by atoms with van der Waals surface area (Å²) in [6.07, 6.45) is 1.96. The summed E-state index contributed by atoms with van der Waals surface area (Å²) >= 11 is 0. The average Bonchev–Trinajstić information content (AvgIpc) is 2.49. The Morgan fingerprint density at radius 1 is 1.38 bits per heavy atom. The fraction of sp³-hybridized carbons (Fsp3) is 0.467. The highest BCUT2D eigenvalue weighted by Gasteiger charge is 2.15. The summed E-state index contributed by atoms with van der Waals surface area (Å²) in [5, 5.41) is 5.56. The second kappa shape index (κ2) is 7.64. The SMILES string of the molecule is COCCCNC(=O)COc1ccc2c(c1)CCC(=O)N2. The summed E-state index contributed by atoms with van der Waals surface area (Å²) in [5.41, 5.74) is 1.86. The number of amides is 2. The summed E-state index contributed by atoms with van der Waals surface area (Å²) in [6, 6.07) is 5.42. The number of nitrogens with one attached hydrogen (secondary N) is 2. The van der Waals surface area contributed by atoms with Crippen LogP contribution in [-0.4, -0.2) is 38.7 Å². The van der Waals surface area contributed by atoms with E-state index in [-0.39, 0.29) is 18.4 Å². The largest absolute Gasteiger partial charge is 0.484 e. The lowest BCUT2D eigenvalue weighted by atomic mass is 10.0. The molecular weight excluding hydrogens is 272 g/mol. The molecule has 2 amide bonds. The van der Waals surface area contributed by atoms with Crippen molar-refractivity contribution >= 4 is 17.5 Å². The number of benzene rings is 1. The standard InChI is InChI=1S/C15H20N2O4/c1-20-8-2-7-16-15(19)10-21-12-4-5-13-11(9-12)3-6-14(18)17-13/h4-5,9H,2-3,6-8,10H2,1H3,(H,16,19)(H,17,18). The lowest BCUT2D eigenvalue weighted by Crippen LogP contribution is -2.30. The van der Waals surface area contributed by atoms with Gasteiger partial charge in [0, 0.05) is 32.4 Å². The highest BCUT2D eigenvalue weighted by Crippen LogP contribution is 2.26. The zero-order chi connectivity index (χ0) is 15.1. The summed E-state index contributed by atoms with van der Waals surface area (Å²) in [7, 11) is 1.63. The number of fused-ring (bicyclic) bond motifs is 1. The average molecular weight is 292 g/mol. The van der Waals surface area contributed by atoms with Crippen LogP contribution in [-0.2, 0) is 20.7 Å². The third-order valence-electron chi connectivity index (χ3n) is 3.19. The van der Waals surface area contributed by atoms with Crippen LogP contribution in [0.15, 0.2) is 18.2 Å². The fourth-order valence-electron chi connectivity index (χ4n) is 2.09. The molecule has 6 nitrogen and oxygen atoms in total. The van der Waals surface area contributed by atoms with Crippen molar-refractivity contribution in [2.24, 2.45) is 0 Å². The van der Waals surface area contributed by atoms with Crippen LogP contribution >= 0.6 is 0 Å². The number of carbonyl (C=O) groups is 2. The number of methoxy groups -OCH3 is 1. The van der Waals surface area contributed by atoms with Crippen LogP contribution in [0.4, 0.5) is 5.69 Å². The molecule has 1 aliphatic heterocycles. The second-order valence-corrected chi connectivity index (χ2v) is 4.85. The first-order chi connectivity index (χ1) is 10.2. The molecule has 0 aliphatic carbocycles. The summed E-state index contributed by atoms with van der Waals surface area (Å²) in [4.78, 5) is 22.8. The van der Waals surface area contributed by atoms with Gasteiger partial charge in [-0.25, -0.2) is 0 Å². The second-order valence-electron chi connectivity index (χ2n) is 4.85. The van der Waals surface area contributed by atoms with Gasteiger partial charge in [-0.3, -0.25) is 9.59 Å². The molecule has 0 saturated heterocycles. The molecule has 0 unspecified atom stereocenters. The molecular formula is C15H20N2O4. The van der Waals surface area contributed by atoms with E-state index in [1.807, 2.05) is 6.07 Å². The maximum atomic E-state index is 11.6. The van der Waals surface area contributed by atoms with Gasteiger partial charge in [-0.2, -0.15) is 0 Å². The molecule has 0 bridgehead atoms. The van der Waals surface area contributed by atoms with E-state index in [4.69, 9.17) is 9.47 Å². The Morgan fingerprint density at radius 2 is 2.24 bits per heavy atom. The van der Waals surface area contributed by atoms with E-state index in [0.717, 1.165) is 17.7 Å². The first kappa shape index (κ1) is 15.3. The van der Waals surface area contributed by atoms with Gasteiger partial charge in [0.15, 0.2) is 6.61 Å². The van der Waals surface area contributed by atoms with Gasteiger partial charge in [0.2, 0.25) is 5.91 Å². The summed E-state index contributed by atoms with van der Waals surface area (Å²) in [5.74, 6) is 0.515. The number of rotatable bonds is 7. The normalized spacial score (nSPS) is 13.3. The molecule has 1 aromatic carbocycles. The Kier molecular flexibility index (Phi) is 5.57. The van der Waals surface area contributed by atoms with Crippen molar-refractivity contribution in [3.63, 3.8) is 0 Å². The molecule has 0 atom stereocenters. The minimum atomic E-state index is -0.155. The number of hydrogen-bond acceptors (Lipinski definition) is 4. The number of aryl methyl sites for hydroxylation is 1. The van der Waals surface area contributed by atoms with Crippen LogP contribution < -0.4 is 15.4 Å². The molecule has 0 radical (unpaired) electrons. The Hall–Kier alpha value is -2.08. The fourth-order valence-corrected chi connectivity index (χ4v) is 2.09. The van der Waals surface area contributed by atoms with Crippen molar-refractivity contribution in [2.45, 2.75) is 19.3 Å². The number of carbonyl (C=O) groups excluding carboxylic acids is 2. The van der Waals surface area contributed by atoms with Gasteiger partial charge in [0.05, 0.1) is 0 Å². The number of anilines is 1. The molecule has 2 N–H and O–H groups in total. The Bertz CT molecular complexity index is 516. The van der Waals surface area contributed by atoms with E-state index in [0.29, 0.717) is 31.7 Å². The van der Waals surface area contributed by atoms with Crippen LogP contribution in [0.1, 0.15) is 18.4 Å². The van der Waals surface area contributed by atoms with E-state index >= 15 is 0 Å². The van der Waals surface area contributed by atoms with Gasteiger partial charge < -0.3 is 20.1 Å². The maximum absolute atomic E-state index is 11.6. The maximum Gasteiger partial charge on any atom is 0.257 e. The van der Waals surface area contributed by atoms with Crippen LogP contribution in [0.3, 0.4) is 0 Å². The van der Waals surface area contributed by atoms with Gasteiger partial charge in [-0.1, -0.05) is 0 Å². The van der Waals surface area contributed by atoms with E-state index in [2.05, 4.69) is 10.6 Å². The Labute approximate surface area is 123 Å². The smallest absolute Gasteiger partial charge is 0.257 e. The lowest BCUT2D eigenvalue weighted by molar-refractivity contribution is -0.123. The molecule has 0 fully saturated rings. The quantitative estimate of drug-likeness (QED) is 0.738. The Balaban J connectivity index is 1.78. The van der Waals surface area contributed by atoms with E-state index in [1.165, 1.54) is 0 Å². The molecule has 2 rings (SSSR count). The van der Waals surface area contributed by atoms with Gasteiger partial charge in [-0.15, -0.1) is 0 Å². The van der Waals surface area contributed by atoms with Crippen molar-refractivity contribution < 1.29 is 19.1 Å². The number of hydrogen-bond donors (Lipinski definition) is 2. The topological polar surface area (TPSA) is 76.7 Å². The predicted molar refractivity (Wildman–Crippen MR) is 78.4 cm³/mol. The zero-order valence-corrected chi connectivity index (χ0v) is 12.1. The minimum absolute atomic E-state index is 0.0157. The highest BCUT2D eigenvalue weighted by molar-refractivity contribution is 5.94. The first-order valence-corrected chi connectivity index (χ1v) is 7.00. The zero-order valence-electron chi connectivity index (χ0n) is 12.1. The third kappa shape index (κ3) is 4.75. The van der Waals surface area contributed by atoms with Crippen molar-refractivity contribution in [1.82, 2.24) is 5.32 Å². The van der Waals surface area contributed by atoms with E-state index in [9.17, 15) is 9.59 Å². The highest BCUT2D eigenvalue weighted by atomic mass is 16.5.